The molecule has 1 fully saturated rings. The summed E-state index contributed by atoms with van der Waals surface area (Å²) in [5.74, 6) is -0.239. The normalized spacial score (nSPS) is 23.0. The molecule has 2 atom stereocenters. The van der Waals surface area contributed by atoms with Gasteiger partial charge in [0.05, 0.1) is 10.5 Å². The Labute approximate surface area is 130 Å². The van der Waals surface area contributed by atoms with Gasteiger partial charge < -0.3 is 5.73 Å². The molecule has 4 nitrogen and oxygen atoms in total. The summed E-state index contributed by atoms with van der Waals surface area (Å²) in [6.45, 7) is 2.10. The zero-order valence-electron chi connectivity index (χ0n) is 11.8. The van der Waals surface area contributed by atoms with E-state index >= 15 is 0 Å². The maximum Gasteiger partial charge on any atom is 0.241 e. The van der Waals surface area contributed by atoms with Gasteiger partial charge in [0, 0.05) is 6.04 Å². The minimum absolute atomic E-state index is 0.124. The van der Waals surface area contributed by atoms with Gasteiger partial charge in [-0.2, -0.15) is 0 Å². The van der Waals surface area contributed by atoms with E-state index in [-0.39, 0.29) is 21.5 Å². The van der Waals surface area contributed by atoms with Crippen LogP contribution in [0.15, 0.2) is 23.1 Å². The highest BCUT2D eigenvalue weighted by atomic mass is 32.2. The van der Waals surface area contributed by atoms with Crippen LogP contribution in [-0.4, -0.2) is 19.4 Å². The van der Waals surface area contributed by atoms with Gasteiger partial charge in [-0.3, -0.25) is 0 Å². The molecular formula is C14H19FN2O2S2. The van der Waals surface area contributed by atoms with E-state index < -0.39 is 15.8 Å². The monoisotopic (exact) mass is 330 g/mol. The van der Waals surface area contributed by atoms with E-state index in [4.69, 9.17) is 18.0 Å². The number of rotatable bonds is 4. The molecule has 3 N–H and O–H groups in total. The molecule has 1 saturated carbocycles. The van der Waals surface area contributed by atoms with Gasteiger partial charge >= 0.3 is 0 Å². The number of benzene rings is 1. The van der Waals surface area contributed by atoms with Crippen LogP contribution < -0.4 is 10.5 Å². The van der Waals surface area contributed by atoms with Crippen LogP contribution in [0.4, 0.5) is 4.39 Å². The third kappa shape index (κ3) is 3.78. The molecule has 0 radical (unpaired) electrons. The Morgan fingerprint density at radius 3 is 2.76 bits per heavy atom. The van der Waals surface area contributed by atoms with Gasteiger partial charge in [0.2, 0.25) is 10.0 Å². The van der Waals surface area contributed by atoms with Gasteiger partial charge in [0.25, 0.3) is 0 Å². The van der Waals surface area contributed by atoms with E-state index in [1.165, 1.54) is 12.1 Å². The third-order valence-corrected chi connectivity index (χ3v) is 5.54. The number of halogens is 1. The van der Waals surface area contributed by atoms with Crippen molar-refractivity contribution in [3.05, 3.63) is 29.6 Å². The molecule has 0 spiro atoms. The average Bonchev–Trinajstić information content (AvgIpc) is 2.37. The molecule has 1 aromatic carbocycles. The molecule has 2 unspecified atom stereocenters. The predicted molar refractivity (Wildman–Crippen MR) is 84.0 cm³/mol. The van der Waals surface area contributed by atoms with Gasteiger partial charge in [-0.15, -0.1) is 0 Å². The second-order valence-electron chi connectivity index (χ2n) is 5.57. The lowest BCUT2D eigenvalue weighted by Crippen LogP contribution is -2.38. The second-order valence-corrected chi connectivity index (χ2v) is 7.69. The van der Waals surface area contributed by atoms with Crippen molar-refractivity contribution in [2.45, 2.75) is 43.5 Å². The van der Waals surface area contributed by atoms with Gasteiger partial charge in [0.15, 0.2) is 0 Å². The van der Waals surface area contributed by atoms with Crippen LogP contribution in [0.3, 0.4) is 0 Å². The molecule has 0 amide bonds. The van der Waals surface area contributed by atoms with E-state index in [2.05, 4.69) is 11.6 Å². The summed E-state index contributed by atoms with van der Waals surface area (Å²) < 4.78 is 41.5. The topological polar surface area (TPSA) is 72.2 Å². The number of nitrogens with two attached hydrogens (primary N) is 1. The van der Waals surface area contributed by atoms with E-state index in [1.54, 1.807) is 0 Å². The predicted octanol–water partition coefficient (Wildman–Crippen LogP) is 2.32. The number of hydrogen-bond donors (Lipinski definition) is 2. The fraction of sp³-hybridized carbons (Fsp3) is 0.500. The first kappa shape index (κ1) is 16.3. The van der Waals surface area contributed by atoms with Crippen LogP contribution in [0.1, 0.15) is 38.2 Å². The van der Waals surface area contributed by atoms with Gasteiger partial charge in [-0.05, 0) is 30.9 Å². The Morgan fingerprint density at radius 2 is 2.14 bits per heavy atom. The van der Waals surface area contributed by atoms with E-state index in [0.29, 0.717) is 5.92 Å². The molecule has 1 aliphatic rings. The van der Waals surface area contributed by atoms with E-state index in [1.807, 2.05) is 0 Å². The summed E-state index contributed by atoms with van der Waals surface area (Å²) >= 11 is 4.77. The molecule has 1 aromatic rings. The first-order valence-corrected chi connectivity index (χ1v) is 8.81. The lowest BCUT2D eigenvalue weighted by molar-refractivity contribution is 0.327. The summed E-state index contributed by atoms with van der Waals surface area (Å²) in [5, 5.41) is 0. The van der Waals surface area contributed by atoms with Crippen LogP contribution in [0.5, 0.6) is 0 Å². The maximum atomic E-state index is 13.8. The smallest absolute Gasteiger partial charge is 0.241 e. The fourth-order valence-electron chi connectivity index (χ4n) is 2.79. The number of thiocarbonyl (C=S) groups is 1. The molecule has 116 valence electrons. The number of sulfonamides is 1. The van der Waals surface area contributed by atoms with Crippen molar-refractivity contribution in [1.82, 2.24) is 4.72 Å². The lowest BCUT2D eigenvalue weighted by atomic mass is 9.88. The van der Waals surface area contributed by atoms with Crippen LogP contribution in [0.2, 0.25) is 0 Å². The Morgan fingerprint density at radius 1 is 1.43 bits per heavy atom. The highest BCUT2D eigenvalue weighted by Crippen LogP contribution is 2.26. The summed E-state index contributed by atoms with van der Waals surface area (Å²) in [6.07, 6.45) is 3.67. The van der Waals surface area contributed by atoms with Crippen molar-refractivity contribution in [1.29, 1.82) is 0 Å². The van der Waals surface area contributed by atoms with Crippen molar-refractivity contribution in [2.24, 2.45) is 11.7 Å². The second kappa shape index (κ2) is 6.37. The standard InChI is InChI=1S/C14H19FN2O2S2/c1-9-4-2-5-10(8-9)17-21(18,19)12-7-3-6-11(15)13(12)14(16)20/h3,6-7,9-10,17H,2,4-5,8H2,1H3,(H2,16,20). The average molecular weight is 330 g/mol. The zero-order chi connectivity index (χ0) is 15.6. The summed E-state index contributed by atoms with van der Waals surface area (Å²) in [4.78, 5) is -0.446. The molecular weight excluding hydrogens is 311 g/mol. The highest BCUT2D eigenvalue weighted by Gasteiger charge is 2.27. The molecule has 2 rings (SSSR count). The van der Waals surface area contributed by atoms with E-state index in [9.17, 15) is 12.8 Å². The summed E-state index contributed by atoms with van der Waals surface area (Å²) in [7, 11) is -3.84. The van der Waals surface area contributed by atoms with Crippen molar-refractivity contribution in [3.8, 4) is 0 Å². The van der Waals surface area contributed by atoms with Crippen molar-refractivity contribution in [2.75, 3.05) is 0 Å². The fourth-order valence-corrected chi connectivity index (χ4v) is 4.58. The minimum Gasteiger partial charge on any atom is -0.389 e. The van der Waals surface area contributed by atoms with Crippen LogP contribution in [0.25, 0.3) is 0 Å². The zero-order valence-corrected chi connectivity index (χ0v) is 13.4. The highest BCUT2D eigenvalue weighted by molar-refractivity contribution is 7.89. The van der Waals surface area contributed by atoms with Crippen LogP contribution in [-0.2, 0) is 10.0 Å². The lowest BCUT2D eigenvalue weighted by Gasteiger charge is -2.27. The Kier molecular flexibility index (Phi) is 4.95. The van der Waals surface area contributed by atoms with Crippen molar-refractivity contribution >= 4 is 27.2 Å². The first-order chi connectivity index (χ1) is 9.81. The first-order valence-electron chi connectivity index (χ1n) is 6.92. The molecule has 21 heavy (non-hydrogen) atoms. The summed E-state index contributed by atoms with van der Waals surface area (Å²) in [6, 6.07) is 3.69. The van der Waals surface area contributed by atoms with Crippen LogP contribution >= 0.6 is 12.2 Å². The Balaban J connectivity index is 2.32. The van der Waals surface area contributed by atoms with Gasteiger partial charge in [-0.25, -0.2) is 17.5 Å². The number of hydrogen-bond acceptors (Lipinski definition) is 3. The quantitative estimate of drug-likeness (QED) is 0.831. The maximum absolute atomic E-state index is 13.8. The molecule has 0 bridgehead atoms. The Hall–Kier alpha value is -1.05. The van der Waals surface area contributed by atoms with Crippen LogP contribution in [0, 0.1) is 11.7 Å². The minimum atomic E-state index is -3.84. The van der Waals surface area contributed by atoms with E-state index in [0.717, 1.165) is 31.7 Å². The van der Waals surface area contributed by atoms with Gasteiger partial charge in [-0.1, -0.05) is 38.0 Å². The molecule has 0 saturated heterocycles. The molecule has 0 aliphatic heterocycles. The molecule has 1 aliphatic carbocycles. The van der Waals surface area contributed by atoms with Crippen molar-refractivity contribution < 1.29 is 12.8 Å². The third-order valence-electron chi connectivity index (χ3n) is 3.77. The molecule has 0 heterocycles. The number of nitrogens with one attached hydrogen (secondary N) is 1. The largest absolute Gasteiger partial charge is 0.389 e. The SMILES string of the molecule is CC1CCCC(NS(=O)(=O)c2cccc(F)c2C(N)=S)C1. The van der Waals surface area contributed by atoms with Gasteiger partial charge in [0.1, 0.15) is 10.8 Å². The molecule has 7 heteroatoms. The Bertz CT molecular complexity index is 646. The van der Waals surface area contributed by atoms with Crippen molar-refractivity contribution in [3.63, 3.8) is 0 Å². The summed E-state index contributed by atoms with van der Waals surface area (Å²) in [5.41, 5.74) is 5.25. The molecule has 0 aromatic heterocycles.